The highest BCUT2D eigenvalue weighted by Gasteiger charge is 2.23. The number of aromatic nitrogens is 3. The van der Waals surface area contributed by atoms with E-state index in [2.05, 4.69) is 15.5 Å². The van der Waals surface area contributed by atoms with E-state index >= 15 is 0 Å². The normalized spacial score (nSPS) is 16.2. The Hall–Kier alpha value is -1.95. The average molecular weight is 483 g/mol. The molecule has 0 saturated carbocycles. The minimum atomic E-state index is -2.56. The summed E-state index contributed by atoms with van der Waals surface area (Å²) < 4.78 is 33.3. The summed E-state index contributed by atoms with van der Waals surface area (Å²) in [7, 11) is 0. The fraction of sp³-hybridized carbons (Fsp3) is 0.350. The van der Waals surface area contributed by atoms with Gasteiger partial charge < -0.3 is 10.1 Å². The Labute approximate surface area is 190 Å². The smallest absolute Gasteiger partial charge is 0.288 e. The van der Waals surface area contributed by atoms with Crippen LogP contribution >= 0.6 is 34.9 Å². The SMILES string of the molecule is O=C(CSc1nnc(-c2cccs2)n1CC1CCCO1)Nc1ccccc1SC(F)F. The third kappa shape index (κ3) is 5.85. The van der Waals surface area contributed by atoms with Crippen LogP contribution in [0.5, 0.6) is 0 Å². The van der Waals surface area contributed by atoms with Crippen molar-refractivity contribution in [3.63, 3.8) is 0 Å². The number of amides is 1. The number of nitrogens with one attached hydrogen (secondary N) is 1. The topological polar surface area (TPSA) is 69.0 Å². The van der Waals surface area contributed by atoms with Crippen molar-refractivity contribution in [3.05, 3.63) is 41.8 Å². The molecule has 1 fully saturated rings. The summed E-state index contributed by atoms with van der Waals surface area (Å²) in [5, 5.41) is 14.0. The zero-order chi connectivity index (χ0) is 21.6. The quantitative estimate of drug-likeness (QED) is 0.421. The van der Waals surface area contributed by atoms with Crippen molar-refractivity contribution in [1.82, 2.24) is 14.8 Å². The van der Waals surface area contributed by atoms with Gasteiger partial charge in [-0.05, 0) is 36.4 Å². The Morgan fingerprint density at radius 1 is 1.29 bits per heavy atom. The molecule has 1 unspecified atom stereocenters. The summed E-state index contributed by atoms with van der Waals surface area (Å²) in [6.45, 7) is 1.38. The Bertz CT molecular complexity index is 1010. The highest BCUT2D eigenvalue weighted by Crippen LogP contribution is 2.32. The molecule has 0 aliphatic carbocycles. The molecule has 11 heteroatoms. The van der Waals surface area contributed by atoms with E-state index in [-0.39, 0.29) is 17.8 Å². The maximum atomic E-state index is 12.8. The molecule has 3 heterocycles. The van der Waals surface area contributed by atoms with E-state index in [1.165, 1.54) is 11.8 Å². The number of alkyl halides is 2. The van der Waals surface area contributed by atoms with Gasteiger partial charge in [-0.1, -0.05) is 41.7 Å². The van der Waals surface area contributed by atoms with Gasteiger partial charge in [0.25, 0.3) is 5.76 Å². The molecule has 0 bridgehead atoms. The molecule has 1 amide bonds. The highest BCUT2D eigenvalue weighted by molar-refractivity contribution is 8.00. The Morgan fingerprint density at radius 3 is 2.90 bits per heavy atom. The van der Waals surface area contributed by atoms with Gasteiger partial charge >= 0.3 is 0 Å². The summed E-state index contributed by atoms with van der Waals surface area (Å²) in [6.07, 6.45) is 2.11. The fourth-order valence-corrected chi connectivity index (χ4v) is 5.29. The van der Waals surface area contributed by atoms with Crippen molar-refractivity contribution in [2.45, 2.75) is 41.3 Å². The van der Waals surface area contributed by atoms with E-state index in [1.807, 2.05) is 22.1 Å². The fourth-order valence-electron chi connectivity index (χ4n) is 3.23. The Kier molecular flexibility index (Phi) is 7.59. The molecule has 164 valence electrons. The third-order valence-electron chi connectivity index (χ3n) is 4.58. The van der Waals surface area contributed by atoms with Crippen molar-refractivity contribution in [3.8, 4) is 10.7 Å². The number of thioether (sulfide) groups is 2. The van der Waals surface area contributed by atoms with E-state index in [0.29, 0.717) is 34.0 Å². The first-order valence-electron chi connectivity index (χ1n) is 9.65. The second kappa shape index (κ2) is 10.6. The maximum absolute atomic E-state index is 12.8. The number of carbonyl (C=O) groups is 1. The first-order valence-corrected chi connectivity index (χ1v) is 12.4. The number of carbonyl (C=O) groups excluding carboxylic acids is 1. The number of thiophene rings is 1. The first-order chi connectivity index (χ1) is 15.1. The molecule has 1 aliphatic rings. The summed E-state index contributed by atoms with van der Waals surface area (Å²) >= 11 is 3.25. The van der Waals surface area contributed by atoms with Gasteiger partial charge in [0.05, 0.1) is 29.0 Å². The number of para-hydroxylation sites is 1. The lowest BCUT2D eigenvalue weighted by atomic mass is 10.2. The van der Waals surface area contributed by atoms with Crippen LogP contribution in [0, 0.1) is 0 Å². The maximum Gasteiger partial charge on any atom is 0.288 e. The molecule has 0 radical (unpaired) electrons. The Balaban J connectivity index is 1.45. The molecule has 0 spiro atoms. The van der Waals surface area contributed by atoms with Crippen molar-refractivity contribution in [2.75, 3.05) is 17.7 Å². The van der Waals surface area contributed by atoms with Crippen LogP contribution in [0.4, 0.5) is 14.5 Å². The average Bonchev–Trinajstić information content (AvgIpc) is 3.50. The molecule has 1 atom stereocenters. The molecule has 31 heavy (non-hydrogen) atoms. The predicted molar refractivity (Wildman–Crippen MR) is 120 cm³/mol. The lowest BCUT2D eigenvalue weighted by Crippen LogP contribution is -2.18. The van der Waals surface area contributed by atoms with Gasteiger partial charge in [0.15, 0.2) is 11.0 Å². The van der Waals surface area contributed by atoms with Crippen LogP contribution in [0.2, 0.25) is 0 Å². The number of hydrogen-bond donors (Lipinski definition) is 1. The first kappa shape index (κ1) is 22.3. The van der Waals surface area contributed by atoms with Crippen LogP contribution in [0.15, 0.2) is 51.8 Å². The molecular weight excluding hydrogens is 462 g/mol. The monoisotopic (exact) mass is 482 g/mol. The van der Waals surface area contributed by atoms with Crippen LogP contribution < -0.4 is 5.32 Å². The lowest BCUT2D eigenvalue weighted by molar-refractivity contribution is -0.113. The molecule has 2 aromatic heterocycles. The molecule has 1 N–H and O–H groups in total. The van der Waals surface area contributed by atoms with Crippen molar-refractivity contribution >= 4 is 46.5 Å². The lowest BCUT2D eigenvalue weighted by Gasteiger charge is -2.14. The Morgan fingerprint density at radius 2 is 2.16 bits per heavy atom. The van der Waals surface area contributed by atoms with Gasteiger partial charge in [-0.3, -0.25) is 9.36 Å². The number of rotatable bonds is 9. The molecule has 6 nitrogen and oxygen atoms in total. The second-order valence-electron chi connectivity index (χ2n) is 6.74. The van der Waals surface area contributed by atoms with E-state index in [9.17, 15) is 13.6 Å². The van der Waals surface area contributed by atoms with E-state index < -0.39 is 5.76 Å². The number of benzene rings is 1. The summed E-state index contributed by atoms with van der Waals surface area (Å²) in [6, 6.07) is 10.5. The van der Waals surface area contributed by atoms with Crippen LogP contribution in [-0.2, 0) is 16.1 Å². The summed E-state index contributed by atoms with van der Waals surface area (Å²) in [4.78, 5) is 13.8. The van der Waals surface area contributed by atoms with Gasteiger partial charge in [-0.25, -0.2) is 0 Å². The summed E-state index contributed by atoms with van der Waals surface area (Å²) in [5.41, 5.74) is 0.374. The van der Waals surface area contributed by atoms with Gasteiger partial charge in [-0.2, -0.15) is 8.78 Å². The molecule has 1 aromatic carbocycles. The van der Waals surface area contributed by atoms with E-state index in [1.54, 1.807) is 35.6 Å². The van der Waals surface area contributed by atoms with Crippen LogP contribution in [0.3, 0.4) is 0 Å². The second-order valence-corrected chi connectivity index (χ2v) is 9.66. The molecule has 3 aromatic rings. The number of ether oxygens (including phenoxy) is 1. The predicted octanol–water partition coefficient (Wildman–Crippen LogP) is 5.23. The van der Waals surface area contributed by atoms with Gasteiger partial charge in [0.2, 0.25) is 5.91 Å². The number of nitrogens with zero attached hydrogens (tertiary/aromatic N) is 3. The zero-order valence-electron chi connectivity index (χ0n) is 16.4. The third-order valence-corrected chi connectivity index (χ3v) is 7.20. The van der Waals surface area contributed by atoms with Crippen molar-refractivity contribution in [2.24, 2.45) is 0 Å². The van der Waals surface area contributed by atoms with Gasteiger partial charge in [0.1, 0.15) is 0 Å². The number of hydrogen-bond acceptors (Lipinski definition) is 7. The van der Waals surface area contributed by atoms with Crippen molar-refractivity contribution < 1.29 is 18.3 Å². The standard InChI is InChI=1S/C20H20F2N4O2S3/c21-19(22)31-15-7-2-1-6-14(15)23-17(27)12-30-20-25-24-18(16-8-4-10-29-16)26(20)11-13-5-3-9-28-13/h1-2,4,6-8,10,13,19H,3,5,9,11-12H2,(H,23,27). The zero-order valence-corrected chi connectivity index (χ0v) is 18.8. The number of halogens is 2. The molecule has 1 aliphatic heterocycles. The summed E-state index contributed by atoms with van der Waals surface area (Å²) in [5.74, 6) is -2.01. The molecule has 4 rings (SSSR count). The van der Waals surface area contributed by atoms with Gasteiger partial charge in [-0.15, -0.1) is 21.5 Å². The van der Waals surface area contributed by atoms with Crippen LogP contribution in [0.1, 0.15) is 12.8 Å². The molecule has 1 saturated heterocycles. The largest absolute Gasteiger partial charge is 0.376 e. The molecular formula is C20H20F2N4O2S3. The van der Waals surface area contributed by atoms with Crippen LogP contribution in [-0.4, -0.2) is 44.9 Å². The number of anilines is 1. The highest BCUT2D eigenvalue weighted by atomic mass is 32.2. The van der Waals surface area contributed by atoms with E-state index in [0.717, 1.165) is 30.2 Å². The van der Waals surface area contributed by atoms with Crippen LogP contribution in [0.25, 0.3) is 10.7 Å². The van der Waals surface area contributed by atoms with E-state index in [4.69, 9.17) is 4.74 Å². The minimum Gasteiger partial charge on any atom is -0.376 e. The minimum absolute atomic E-state index is 0.0851. The van der Waals surface area contributed by atoms with Crippen molar-refractivity contribution in [1.29, 1.82) is 0 Å². The van der Waals surface area contributed by atoms with Gasteiger partial charge in [0, 0.05) is 11.5 Å².